The summed E-state index contributed by atoms with van der Waals surface area (Å²) in [5.41, 5.74) is 2.45. The summed E-state index contributed by atoms with van der Waals surface area (Å²) in [6.07, 6.45) is 1.19. The Balaban J connectivity index is 1.34. The van der Waals surface area contributed by atoms with E-state index in [9.17, 15) is 13.2 Å². The third-order valence-corrected chi connectivity index (χ3v) is 9.44. The van der Waals surface area contributed by atoms with E-state index in [1.165, 1.54) is 26.9 Å². The van der Waals surface area contributed by atoms with Gasteiger partial charge in [-0.15, -0.1) is 11.3 Å². The van der Waals surface area contributed by atoms with E-state index in [1.807, 2.05) is 4.90 Å². The molecule has 2 aromatic rings. The van der Waals surface area contributed by atoms with Gasteiger partial charge in [0.2, 0.25) is 5.91 Å². The van der Waals surface area contributed by atoms with Crippen molar-refractivity contribution in [2.45, 2.75) is 36.9 Å². The van der Waals surface area contributed by atoms with Gasteiger partial charge in [-0.1, -0.05) is 18.2 Å². The Morgan fingerprint density at radius 3 is 2.47 bits per heavy atom. The van der Waals surface area contributed by atoms with E-state index >= 15 is 0 Å². The molecule has 4 rings (SSSR count). The Hall–Kier alpha value is -1.90. The molecule has 6 nitrogen and oxygen atoms in total. The Morgan fingerprint density at radius 1 is 1.07 bits per heavy atom. The van der Waals surface area contributed by atoms with Crippen LogP contribution < -0.4 is 4.90 Å². The Bertz CT molecular complexity index is 983. The molecule has 0 bridgehead atoms. The third-order valence-electron chi connectivity index (χ3n) is 6.16. The van der Waals surface area contributed by atoms with Gasteiger partial charge in [0, 0.05) is 50.4 Å². The molecule has 1 atom stereocenters. The first kappa shape index (κ1) is 21.3. The van der Waals surface area contributed by atoms with Gasteiger partial charge in [0.25, 0.3) is 10.0 Å². The molecular formula is C22H29N3O3S2. The molecule has 2 fully saturated rings. The number of amides is 1. The van der Waals surface area contributed by atoms with E-state index in [0.717, 1.165) is 6.54 Å². The van der Waals surface area contributed by atoms with Crippen LogP contribution in [-0.2, 0) is 14.8 Å². The van der Waals surface area contributed by atoms with Crippen LogP contribution in [0.4, 0.5) is 5.69 Å². The highest BCUT2D eigenvalue weighted by molar-refractivity contribution is 7.91. The Kier molecular flexibility index (Phi) is 6.18. The van der Waals surface area contributed by atoms with Crippen LogP contribution in [0, 0.1) is 12.8 Å². The molecular weight excluding hydrogens is 418 g/mol. The highest BCUT2D eigenvalue weighted by Crippen LogP contribution is 2.28. The number of benzene rings is 1. The summed E-state index contributed by atoms with van der Waals surface area (Å²) in [5, 5.41) is 1.78. The van der Waals surface area contributed by atoms with E-state index < -0.39 is 10.0 Å². The maximum Gasteiger partial charge on any atom is 0.252 e. The van der Waals surface area contributed by atoms with Gasteiger partial charge >= 0.3 is 0 Å². The fourth-order valence-corrected chi connectivity index (χ4v) is 7.10. The molecule has 2 aliphatic rings. The first-order chi connectivity index (χ1) is 14.4. The SMILES string of the molecule is Cc1cccc(N2CCN(C(=O)C3CCN(S(=O)(=O)c4cccs4)CC3)C[C@H]2C)c1. The van der Waals surface area contributed by atoms with Crippen molar-refractivity contribution in [3.05, 3.63) is 47.3 Å². The first-order valence-electron chi connectivity index (χ1n) is 10.5. The predicted octanol–water partition coefficient (Wildman–Crippen LogP) is 3.19. The maximum atomic E-state index is 13.1. The van der Waals surface area contributed by atoms with E-state index in [0.29, 0.717) is 43.2 Å². The summed E-state index contributed by atoms with van der Waals surface area (Å²) in [6.45, 7) is 7.33. The lowest BCUT2D eigenvalue weighted by Gasteiger charge is -2.43. The lowest BCUT2D eigenvalue weighted by molar-refractivity contribution is -0.137. The van der Waals surface area contributed by atoms with Crippen LogP contribution >= 0.6 is 11.3 Å². The number of carbonyl (C=O) groups excluding carboxylic acids is 1. The molecule has 0 saturated carbocycles. The topological polar surface area (TPSA) is 60.9 Å². The molecule has 1 amide bonds. The minimum absolute atomic E-state index is 0.0856. The summed E-state index contributed by atoms with van der Waals surface area (Å²) in [6, 6.07) is 12.1. The number of piperidine rings is 1. The molecule has 162 valence electrons. The summed E-state index contributed by atoms with van der Waals surface area (Å²) in [4.78, 5) is 17.5. The number of piperazine rings is 1. The molecule has 0 radical (unpaired) electrons. The van der Waals surface area contributed by atoms with Crippen LogP contribution in [0.15, 0.2) is 46.0 Å². The summed E-state index contributed by atoms with van der Waals surface area (Å²) in [7, 11) is -3.42. The standard InChI is InChI=1S/C22H29N3O3S2/c1-17-5-3-6-20(15-17)25-13-12-23(16-18(25)2)22(26)19-8-10-24(11-9-19)30(27,28)21-7-4-14-29-21/h3-7,14-15,18-19H,8-13,16H2,1-2H3/t18-/m1/s1. The molecule has 0 N–H and O–H groups in total. The Labute approximate surface area is 183 Å². The molecule has 30 heavy (non-hydrogen) atoms. The molecule has 8 heteroatoms. The molecule has 0 spiro atoms. The predicted molar refractivity (Wildman–Crippen MR) is 120 cm³/mol. The van der Waals surface area contributed by atoms with E-state index in [2.05, 4.69) is 43.0 Å². The lowest BCUT2D eigenvalue weighted by Crippen LogP contribution is -2.55. The van der Waals surface area contributed by atoms with Gasteiger partial charge in [-0.3, -0.25) is 4.79 Å². The molecule has 0 aliphatic carbocycles. The fourth-order valence-electron chi connectivity index (χ4n) is 4.49. The van der Waals surface area contributed by atoms with Crippen molar-refractivity contribution in [3.63, 3.8) is 0 Å². The number of sulfonamides is 1. The van der Waals surface area contributed by atoms with Crippen LogP contribution in [-0.4, -0.2) is 62.3 Å². The van der Waals surface area contributed by atoms with Gasteiger partial charge in [0.15, 0.2) is 0 Å². The minimum Gasteiger partial charge on any atom is -0.365 e. The number of hydrogen-bond donors (Lipinski definition) is 0. The fraction of sp³-hybridized carbons (Fsp3) is 0.500. The van der Waals surface area contributed by atoms with Gasteiger partial charge < -0.3 is 9.80 Å². The molecule has 1 aromatic heterocycles. The van der Waals surface area contributed by atoms with Crippen molar-refractivity contribution in [3.8, 4) is 0 Å². The molecule has 2 saturated heterocycles. The van der Waals surface area contributed by atoms with Crippen molar-refractivity contribution in [2.75, 3.05) is 37.6 Å². The van der Waals surface area contributed by atoms with Crippen LogP contribution in [0.2, 0.25) is 0 Å². The van der Waals surface area contributed by atoms with Gasteiger partial charge in [-0.25, -0.2) is 8.42 Å². The number of thiophene rings is 1. The zero-order chi connectivity index (χ0) is 21.3. The number of hydrogen-bond acceptors (Lipinski definition) is 5. The normalized spacial score (nSPS) is 21.7. The quantitative estimate of drug-likeness (QED) is 0.722. The van der Waals surface area contributed by atoms with Crippen molar-refractivity contribution in [2.24, 2.45) is 5.92 Å². The zero-order valence-electron chi connectivity index (χ0n) is 17.5. The summed E-state index contributed by atoms with van der Waals surface area (Å²) in [5.74, 6) is 0.0939. The van der Waals surface area contributed by atoms with Crippen LogP contribution in [0.1, 0.15) is 25.3 Å². The van der Waals surface area contributed by atoms with Crippen LogP contribution in [0.25, 0.3) is 0 Å². The average molecular weight is 448 g/mol. The largest absolute Gasteiger partial charge is 0.365 e. The number of anilines is 1. The van der Waals surface area contributed by atoms with Crippen molar-refractivity contribution < 1.29 is 13.2 Å². The van der Waals surface area contributed by atoms with Crippen molar-refractivity contribution >= 4 is 33.0 Å². The van der Waals surface area contributed by atoms with Gasteiger partial charge in [0.1, 0.15) is 4.21 Å². The number of nitrogens with zero attached hydrogens (tertiary/aromatic N) is 3. The number of rotatable bonds is 4. The highest BCUT2D eigenvalue weighted by atomic mass is 32.2. The first-order valence-corrected chi connectivity index (χ1v) is 12.8. The molecule has 1 aromatic carbocycles. The van der Waals surface area contributed by atoms with Gasteiger partial charge in [0.05, 0.1) is 0 Å². The number of carbonyl (C=O) groups is 1. The second kappa shape index (κ2) is 8.69. The van der Waals surface area contributed by atoms with Crippen LogP contribution in [0.3, 0.4) is 0 Å². The van der Waals surface area contributed by atoms with Crippen molar-refractivity contribution in [1.82, 2.24) is 9.21 Å². The zero-order valence-corrected chi connectivity index (χ0v) is 19.2. The second-order valence-electron chi connectivity index (χ2n) is 8.28. The smallest absolute Gasteiger partial charge is 0.252 e. The average Bonchev–Trinajstić information content (AvgIpc) is 3.29. The number of aryl methyl sites for hydroxylation is 1. The Morgan fingerprint density at radius 2 is 1.83 bits per heavy atom. The monoisotopic (exact) mass is 447 g/mol. The van der Waals surface area contributed by atoms with E-state index in [-0.39, 0.29) is 17.9 Å². The molecule has 2 aliphatic heterocycles. The highest BCUT2D eigenvalue weighted by Gasteiger charge is 2.36. The summed E-state index contributed by atoms with van der Waals surface area (Å²) < 4.78 is 27.3. The molecule has 0 unspecified atom stereocenters. The van der Waals surface area contributed by atoms with Crippen LogP contribution in [0.5, 0.6) is 0 Å². The molecule has 3 heterocycles. The second-order valence-corrected chi connectivity index (χ2v) is 11.4. The minimum atomic E-state index is -3.42. The van der Waals surface area contributed by atoms with E-state index in [1.54, 1.807) is 17.5 Å². The van der Waals surface area contributed by atoms with E-state index in [4.69, 9.17) is 0 Å². The van der Waals surface area contributed by atoms with Gasteiger partial charge in [-0.05, 0) is 55.8 Å². The third kappa shape index (κ3) is 4.26. The lowest BCUT2D eigenvalue weighted by atomic mass is 9.95. The van der Waals surface area contributed by atoms with Crippen molar-refractivity contribution in [1.29, 1.82) is 0 Å². The maximum absolute atomic E-state index is 13.1. The van der Waals surface area contributed by atoms with Gasteiger partial charge in [-0.2, -0.15) is 4.31 Å². The summed E-state index contributed by atoms with van der Waals surface area (Å²) >= 11 is 1.24.